The van der Waals surface area contributed by atoms with E-state index in [1.807, 2.05) is 6.07 Å². The summed E-state index contributed by atoms with van der Waals surface area (Å²) in [6.45, 7) is 7.54. The molecule has 1 aromatic carbocycles. The second-order valence-electron chi connectivity index (χ2n) is 13.2. The molecule has 4 aliphatic rings. The number of ether oxygens (including phenoxy) is 1. The van der Waals surface area contributed by atoms with Gasteiger partial charge in [-0.3, -0.25) is 9.69 Å². The second kappa shape index (κ2) is 10.7. The van der Waals surface area contributed by atoms with Crippen molar-refractivity contribution in [1.29, 1.82) is 5.26 Å². The van der Waals surface area contributed by atoms with Gasteiger partial charge in [-0.25, -0.2) is 9.97 Å². The fraction of sp³-hybridized carbons (Fsp3) is 0.515. The summed E-state index contributed by atoms with van der Waals surface area (Å²) >= 11 is 1.06. The summed E-state index contributed by atoms with van der Waals surface area (Å²) in [5.74, 6) is 0.718. The molecule has 3 saturated carbocycles. The topological polar surface area (TPSA) is 96.1 Å². The number of nitrogens with one attached hydrogen (secondary N) is 1. The lowest BCUT2D eigenvalue weighted by molar-refractivity contribution is -0.275. The SMILES string of the molecule is COC(=O)C12CC(Cn3c(C#N)cc4c(C)c(CN5CCC(Nc6ncnc7sc(CC(F)(F)F)cc67)CC5)ccc43)(C1)[C@@H]2C. The third-order valence-electron chi connectivity index (χ3n) is 10.8. The Hall–Kier alpha value is -3.69. The lowest BCUT2D eigenvalue weighted by Gasteiger charge is -2.74. The minimum absolute atomic E-state index is 0.0308. The second-order valence-corrected chi connectivity index (χ2v) is 14.4. The van der Waals surface area contributed by atoms with Crippen LogP contribution in [0.1, 0.15) is 54.3 Å². The highest BCUT2D eigenvalue weighted by Gasteiger charge is 2.77. The Kier molecular flexibility index (Phi) is 7.13. The van der Waals surface area contributed by atoms with Gasteiger partial charge in [0.15, 0.2) is 0 Å². The van der Waals surface area contributed by atoms with E-state index in [4.69, 9.17) is 4.74 Å². The van der Waals surface area contributed by atoms with Gasteiger partial charge in [-0.05, 0) is 73.3 Å². The molecule has 236 valence electrons. The Morgan fingerprint density at radius 3 is 2.62 bits per heavy atom. The third kappa shape index (κ3) is 4.95. The van der Waals surface area contributed by atoms with Gasteiger partial charge < -0.3 is 14.6 Å². The van der Waals surface area contributed by atoms with Crippen molar-refractivity contribution < 1.29 is 22.7 Å². The van der Waals surface area contributed by atoms with Crippen LogP contribution >= 0.6 is 11.3 Å². The number of anilines is 1. The van der Waals surface area contributed by atoms with Gasteiger partial charge >= 0.3 is 12.1 Å². The monoisotopic (exact) mass is 636 g/mol. The fourth-order valence-electron chi connectivity index (χ4n) is 8.16. The van der Waals surface area contributed by atoms with Gasteiger partial charge in [-0.15, -0.1) is 11.3 Å². The van der Waals surface area contributed by atoms with Crippen molar-refractivity contribution in [3.63, 3.8) is 0 Å². The van der Waals surface area contributed by atoms with Crippen molar-refractivity contribution in [3.8, 4) is 6.07 Å². The number of nitrogens with zero attached hydrogens (tertiary/aromatic N) is 5. The normalized spacial score (nSPS) is 25.1. The molecule has 8 nitrogen and oxygen atoms in total. The largest absolute Gasteiger partial charge is 0.469 e. The van der Waals surface area contributed by atoms with Crippen molar-refractivity contribution in [2.75, 3.05) is 25.5 Å². The van der Waals surface area contributed by atoms with Gasteiger partial charge in [0.25, 0.3) is 0 Å². The smallest absolute Gasteiger partial charge is 0.393 e. The molecule has 4 aromatic rings. The number of thiophene rings is 1. The molecule has 4 fully saturated rings. The number of benzene rings is 1. The molecule has 1 aliphatic heterocycles. The average Bonchev–Trinajstić information content (AvgIpc) is 3.57. The highest BCUT2D eigenvalue weighted by Crippen LogP contribution is 2.78. The van der Waals surface area contributed by atoms with Crippen LogP contribution < -0.4 is 5.32 Å². The number of carbonyl (C=O) groups excluding carboxylic acids is 1. The Morgan fingerprint density at radius 1 is 1.20 bits per heavy atom. The number of piperidine rings is 1. The van der Waals surface area contributed by atoms with Gasteiger partial charge in [0.05, 0.1) is 24.3 Å². The van der Waals surface area contributed by atoms with Crippen molar-refractivity contribution in [2.24, 2.45) is 16.7 Å². The lowest BCUT2D eigenvalue weighted by Crippen LogP contribution is -2.73. The molecule has 2 bridgehead atoms. The number of hydrogen-bond acceptors (Lipinski definition) is 8. The first-order valence-electron chi connectivity index (χ1n) is 15.3. The van der Waals surface area contributed by atoms with E-state index in [0.717, 1.165) is 74.1 Å². The quantitative estimate of drug-likeness (QED) is 0.218. The van der Waals surface area contributed by atoms with Crippen LogP contribution in [-0.4, -0.2) is 57.8 Å². The van der Waals surface area contributed by atoms with Crippen LogP contribution in [0.3, 0.4) is 0 Å². The Labute approximate surface area is 263 Å². The summed E-state index contributed by atoms with van der Waals surface area (Å²) in [4.78, 5) is 24.1. The van der Waals surface area contributed by atoms with Crippen molar-refractivity contribution in [1.82, 2.24) is 19.4 Å². The number of methoxy groups -OCH3 is 1. The molecule has 0 amide bonds. The number of rotatable bonds is 8. The fourth-order valence-corrected chi connectivity index (χ4v) is 9.19. The van der Waals surface area contributed by atoms with E-state index in [9.17, 15) is 23.2 Å². The molecule has 1 saturated heterocycles. The van der Waals surface area contributed by atoms with Gasteiger partial charge in [0.2, 0.25) is 0 Å². The maximum atomic E-state index is 12.9. The van der Waals surface area contributed by atoms with Crippen molar-refractivity contribution >= 4 is 44.2 Å². The van der Waals surface area contributed by atoms with Crippen LogP contribution in [-0.2, 0) is 29.0 Å². The molecule has 0 radical (unpaired) electrons. The molecule has 1 N–H and O–H groups in total. The Balaban J connectivity index is 1.01. The first-order valence-corrected chi connectivity index (χ1v) is 16.2. The number of carbonyl (C=O) groups is 1. The molecular formula is C33H35F3N6O2S. The van der Waals surface area contributed by atoms with E-state index >= 15 is 0 Å². The number of nitriles is 1. The van der Waals surface area contributed by atoms with E-state index in [2.05, 4.69) is 56.8 Å². The summed E-state index contributed by atoms with van der Waals surface area (Å²) in [6.07, 6.45) is -0.416. The molecule has 45 heavy (non-hydrogen) atoms. The Bertz CT molecular complexity index is 1840. The molecular weight excluding hydrogens is 601 g/mol. The van der Waals surface area contributed by atoms with Crippen LogP contribution in [0.5, 0.6) is 0 Å². The zero-order valence-corrected chi connectivity index (χ0v) is 26.3. The van der Waals surface area contributed by atoms with E-state index in [0.29, 0.717) is 21.7 Å². The molecule has 8 rings (SSSR count). The molecule has 12 heteroatoms. The summed E-state index contributed by atoms with van der Waals surface area (Å²) < 4.78 is 46.0. The first kappa shape index (κ1) is 30.0. The van der Waals surface area contributed by atoms with Crippen LogP contribution in [0.25, 0.3) is 21.1 Å². The standard InChI is InChI=1S/C33H35F3N6O2S/c1-19-21(4-5-27-25(19)10-23(13-37)42(27)17-31-15-32(16-31,20(31)2)30(43)44-3)14-41-8-6-22(7-9-41)40-28-26-11-24(12-33(34,35)36)45-29(26)39-18-38-28/h4-5,10-11,18,20,22H,6-9,12,14-17H2,1-3H3,(H,38,39,40)/t20-,31?,32?/m0/s1. The number of likely N-dealkylation sites (tertiary alicyclic amines) is 1. The minimum atomic E-state index is -4.26. The number of esters is 1. The third-order valence-corrected chi connectivity index (χ3v) is 11.8. The Morgan fingerprint density at radius 2 is 1.96 bits per heavy atom. The zero-order valence-electron chi connectivity index (χ0n) is 25.5. The highest BCUT2D eigenvalue weighted by molar-refractivity contribution is 7.18. The van der Waals surface area contributed by atoms with Crippen LogP contribution in [0.4, 0.5) is 19.0 Å². The predicted octanol–water partition coefficient (Wildman–Crippen LogP) is 6.60. The number of aromatic nitrogens is 3. The summed E-state index contributed by atoms with van der Waals surface area (Å²) in [5.41, 5.74) is 3.80. The first-order chi connectivity index (χ1) is 21.4. The number of hydrogen-bond donors (Lipinski definition) is 1. The predicted molar refractivity (Wildman–Crippen MR) is 166 cm³/mol. The zero-order chi connectivity index (χ0) is 31.7. The molecule has 4 heterocycles. The molecule has 3 aliphatic carbocycles. The number of alkyl halides is 3. The van der Waals surface area contributed by atoms with Gasteiger partial charge in [-0.1, -0.05) is 13.0 Å². The van der Waals surface area contributed by atoms with Gasteiger partial charge in [0.1, 0.15) is 28.7 Å². The average molecular weight is 637 g/mol. The van der Waals surface area contributed by atoms with Crippen LogP contribution in [0, 0.1) is 35.0 Å². The van der Waals surface area contributed by atoms with Crippen LogP contribution in [0.15, 0.2) is 30.6 Å². The number of fused-ring (bicyclic) bond motifs is 2. The van der Waals surface area contributed by atoms with Crippen molar-refractivity contribution in [2.45, 2.75) is 71.3 Å². The molecule has 3 aromatic heterocycles. The lowest BCUT2D eigenvalue weighted by atomic mass is 9.29. The van der Waals surface area contributed by atoms with Crippen LogP contribution in [0.2, 0.25) is 0 Å². The van der Waals surface area contributed by atoms with E-state index in [1.165, 1.54) is 24.6 Å². The van der Waals surface area contributed by atoms with E-state index in [1.54, 1.807) is 6.07 Å². The van der Waals surface area contributed by atoms with Gasteiger partial charge in [0, 0.05) is 48.0 Å². The van der Waals surface area contributed by atoms with Crippen molar-refractivity contribution in [3.05, 3.63) is 52.3 Å². The molecule has 0 spiro atoms. The maximum Gasteiger partial charge on any atom is 0.393 e. The van der Waals surface area contributed by atoms with E-state index < -0.39 is 12.6 Å². The summed E-state index contributed by atoms with van der Waals surface area (Å²) in [5, 5.41) is 15.2. The number of halogens is 3. The maximum absolute atomic E-state index is 12.9. The molecule has 0 unspecified atom stereocenters. The van der Waals surface area contributed by atoms with Gasteiger partial charge in [-0.2, -0.15) is 18.4 Å². The summed E-state index contributed by atoms with van der Waals surface area (Å²) in [6, 6.07) is 10.4. The molecule has 1 atom stereocenters. The van der Waals surface area contributed by atoms with E-state index in [-0.39, 0.29) is 33.6 Å². The highest BCUT2D eigenvalue weighted by atomic mass is 32.1. The summed E-state index contributed by atoms with van der Waals surface area (Å²) in [7, 11) is 1.46. The number of aryl methyl sites for hydroxylation is 1. The minimum Gasteiger partial charge on any atom is -0.469 e.